The normalized spacial score (nSPS) is 22.6. The minimum absolute atomic E-state index is 0.0677. The molecule has 0 radical (unpaired) electrons. The number of rotatable bonds is 2. The minimum atomic E-state index is -1.07. The molecule has 2 unspecified atom stereocenters. The molecule has 1 aliphatic rings. The van der Waals surface area contributed by atoms with Crippen LogP contribution in [-0.4, -0.2) is 53.0 Å². The van der Waals surface area contributed by atoms with Gasteiger partial charge in [0, 0.05) is 18.0 Å². The van der Waals surface area contributed by atoms with Gasteiger partial charge in [-0.2, -0.15) is 0 Å². The lowest BCUT2D eigenvalue weighted by atomic mass is 10.0. The molecule has 1 saturated heterocycles. The van der Waals surface area contributed by atoms with Crippen LogP contribution in [0.2, 0.25) is 0 Å². The molecule has 9 heteroatoms. The van der Waals surface area contributed by atoms with Crippen LogP contribution in [0.25, 0.3) is 10.4 Å². The maximum atomic E-state index is 11.7. The molecule has 0 saturated carbocycles. The number of hydrogen-bond donors (Lipinski definition) is 2. The van der Waals surface area contributed by atoms with Crippen LogP contribution in [0.1, 0.15) is 27.2 Å². The molecule has 1 fully saturated rings. The van der Waals surface area contributed by atoms with Gasteiger partial charge in [-0.1, -0.05) is 5.11 Å². The molecule has 0 aromatic heterocycles. The van der Waals surface area contributed by atoms with Crippen LogP contribution < -0.4 is 5.32 Å². The second-order valence-electron chi connectivity index (χ2n) is 5.54. The lowest BCUT2D eigenvalue weighted by Crippen LogP contribution is -2.56. The molecular weight excluding hydrogens is 266 g/mol. The van der Waals surface area contributed by atoms with E-state index in [1.807, 2.05) is 0 Å². The SMILES string of the molecule is CC(C)(C)OC(=O)NC1CN(C(=O)O)CCC1N=[N+]=[N-]. The van der Waals surface area contributed by atoms with E-state index in [0.29, 0.717) is 6.42 Å². The van der Waals surface area contributed by atoms with Crippen LogP contribution in [0.4, 0.5) is 9.59 Å². The highest BCUT2D eigenvalue weighted by atomic mass is 16.6. The number of carboxylic acid groups (broad SMARTS) is 1. The summed E-state index contributed by atoms with van der Waals surface area (Å²) in [5.74, 6) is 0. The van der Waals surface area contributed by atoms with Crippen LogP contribution in [0.3, 0.4) is 0 Å². The van der Waals surface area contributed by atoms with E-state index in [9.17, 15) is 9.59 Å². The van der Waals surface area contributed by atoms with Gasteiger partial charge in [0.15, 0.2) is 0 Å². The molecule has 0 bridgehead atoms. The molecule has 1 aliphatic heterocycles. The average Bonchev–Trinajstić information content (AvgIpc) is 2.28. The van der Waals surface area contributed by atoms with Gasteiger partial charge in [0.25, 0.3) is 0 Å². The van der Waals surface area contributed by atoms with Gasteiger partial charge < -0.3 is 20.1 Å². The van der Waals surface area contributed by atoms with Gasteiger partial charge in [-0.3, -0.25) is 0 Å². The Morgan fingerprint density at radius 3 is 2.65 bits per heavy atom. The number of amides is 2. The topological polar surface area (TPSA) is 128 Å². The van der Waals surface area contributed by atoms with E-state index in [1.54, 1.807) is 20.8 Å². The van der Waals surface area contributed by atoms with Crippen molar-refractivity contribution in [3.63, 3.8) is 0 Å². The first-order valence-corrected chi connectivity index (χ1v) is 6.24. The lowest BCUT2D eigenvalue weighted by molar-refractivity contribution is 0.0457. The van der Waals surface area contributed by atoms with E-state index in [-0.39, 0.29) is 13.1 Å². The van der Waals surface area contributed by atoms with Gasteiger partial charge in [-0.05, 0) is 32.7 Å². The number of carbonyl (C=O) groups excluding carboxylic acids is 1. The van der Waals surface area contributed by atoms with Gasteiger partial charge in [0.2, 0.25) is 0 Å². The van der Waals surface area contributed by atoms with Crippen molar-refractivity contribution in [3.8, 4) is 0 Å². The molecule has 1 rings (SSSR count). The molecule has 2 N–H and O–H groups in total. The maximum Gasteiger partial charge on any atom is 0.407 e. The Labute approximate surface area is 116 Å². The Balaban J connectivity index is 2.71. The van der Waals surface area contributed by atoms with Crippen LogP contribution in [0.15, 0.2) is 5.11 Å². The number of nitrogens with zero attached hydrogens (tertiary/aromatic N) is 4. The Bertz CT molecular complexity index is 427. The van der Waals surface area contributed by atoms with Crippen LogP contribution in [0.5, 0.6) is 0 Å². The molecule has 0 spiro atoms. The van der Waals surface area contributed by atoms with Crippen LogP contribution in [0, 0.1) is 0 Å². The summed E-state index contributed by atoms with van der Waals surface area (Å²) in [6.07, 6.45) is -1.37. The number of likely N-dealkylation sites (tertiary alicyclic amines) is 1. The second-order valence-corrected chi connectivity index (χ2v) is 5.54. The lowest BCUT2D eigenvalue weighted by Gasteiger charge is -2.35. The summed E-state index contributed by atoms with van der Waals surface area (Å²) in [6, 6.07) is -1.08. The summed E-state index contributed by atoms with van der Waals surface area (Å²) in [7, 11) is 0. The molecule has 0 aromatic carbocycles. The first-order chi connectivity index (χ1) is 9.23. The van der Waals surface area contributed by atoms with E-state index in [4.69, 9.17) is 15.4 Å². The number of azide groups is 1. The Hall–Kier alpha value is -2.15. The van der Waals surface area contributed by atoms with Crippen LogP contribution >= 0.6 is 0 Å². The summed E-state index contributed by atoms with van der Waals surface area (Å²) in [4.78, 5) is 26.6. The van der Waals surface area contributed by atoms with Crippen molar-refractivity contribution in [3.05, 3.63) is 10.4 Å². The molecule has 9 nitrogen and oxygen atoms in total. The highest BCUT2D eigenvalue weighted by Gasteiger charge is 2.33. The standard InChI is InChI=1S/C11H19N5O4/c1-11(2,3)20-9(17)13-8-6-16(10(18)19)5-4-7(8)14-15-12/h7-8H,4-6H2,1-3H3,(H,13,17)(H,18,19). The summed E-state index contributed by atoms with van der Waals surface area (Å²) >= 11 is 0. The third-order valence-electron chi connectivity index (χ3n) is 2.75. The molecule has 0 aromatic rings. The zero-order chi connectivity index (χ0) is 15.3. The zero-order valence-electron chi connectivity index (χ0n) is 11.7. The molecule has 0 aliphatic carbocycles. The van der Waals surface area contributed by atoms with Gasteiger partial charge >= 0.3 is 12.2 Å². The summed E-state index contributed by atoms with van der Waals surface area (Å²) < 4.78 is 5.11. The van der Waals surface area contributed by atoms with Crippen molar-refractivity contribution in [1.29, 1.82) is 0 Å². The second kappa shape index (κ2) is 6.33. The molecule has 20 heavy (non-hydrogen) atoms. The largest absolute Gasteiger partial charge is 0.465 e. The quantitative estimate of drug-likeness (QED) is 0.456. The molecular formula is C11H19N5O4. The maximum absolute atomic E-state index is 11.7. The number of piperidine rings is 1. The smallest absolute Gasteiger partial charge is 0.407 e. The average molecular weight is 285 g/mol. The molecule has 2 amide bonds. The summed E-state index contributed by atoms with van der Waals surface area (Å²) in [5.41, 5.74) is 7.86. The Kier molecular flexibility index (Phi) is 5.04. The predicted molar refractivity (Wildman–Crippen MR) is 70.3 cm³/mol. The van der Waals surface area contributed by atoms with E-state index < -0.39 is 29.9 Å². The monoisotopic (exact) mass is 285 g/mol. The van der Waals surface area contributed by atoms with E-state index in [1.165, 1.54) is 4.90 Å². The number of hydrogen-bond acceptors (Lipinski definition) is 4. The van der Waals surface area contributed by atoms with E-state index >= 15 is 0 Å². The fourth-order valence-electron chi connectivity index (χ4n) is 1.92. The van der Waals surface area contributed by atoms with Gasteiger partial charge in [-0.25, -0.2) is 9.59 Å². The van der Waals surface area contributed by atoms with E-state index in [2.05, 4.69) is 15.3 Å². The first-order valence-electron chi connectivity index (χ1n) is 6.24. The highest BCUT2D eigenvalue weighted by Crippen LogP contribution is 2.16. The van der Waals surface area contributed by atoms with Crippen molar-refractivity contribution in [2.75, 3.05) is 13.1 Å². The summed E-state index contributed by atoms with van der Waals surface area (Å²) in [5, 5.41) is 15.1. The van der Waals surface area contributed by atoms with Crippen molar-refractivity contribution in [1.82, 2.24) is 10.2 Å². The fraction of sp³-hybridized carbons (Fsp3) is 0.818. The number of carbonyl (C=O) groups is 2. The number of alkyl carbamates (subject to hydrolysis) is 1. The Morgan fingerprint density at radius 2 is 2.15 bits per heavy atom. The van der Waals surface area contributed by atoms with Gasteiger partial charge in [0.1, 0.15) is 5.60 Å². The van der Waals surface area contributed by atoms with Crippen molar-refractivity contribution >= 4 is 12.2 Å². The van der Waals surface area contributed by atoms with Crippen molar-refractivity contribution in [2.24, 2.45) is 5.11 Å². The zero-order valence-corrected chi connectivity index (χ0v) is 11.7. The third-order valence-corrected chi connectivity index (χ3v) is 2.75. The van der Waals surface area contributed by atoms with Crippen LogP contribution in [-0.2, 0) is 4.74 Å². The highest BCUT2D eigenvalue weighted by molar-refractivity contribution is 5.69. The Morgan fingerprint density at radius 1 is 1.50 bits per heavy atom. The molecule has 112 valence electrons. The van der Waals surface area contributed by atoms with Crippen molar-refractivity contribution in [2.45, 2.75) is 44.9 Å². The fourth-order valence-corrected chi connectivity index (χ4v) is 1.92. The first kappa shape index (κ1) is 15.9. The molecule has 2 atom stereocenters. The minimum Gasteiger partial charge on any atom is -0.465 e. The van der Waals surface area contributed by atoms with Gasteiger partial charge in [-0.15, -0.1) is 0 Å². The third kappa shape index (κ3) is 4.85. The summed E-state index contributed by atoms with van der Waals surface area (Å²) in [6.45, 7) is 5.51. The van der Waals surface area contributed by atoms with Crippen molar-refractivity contribution < 1.29 is 19.4 Å². The number of nitrogens with one attached hydrogen (secondary N) is 1. The van der Waals surface area contributed by atoms with Gasteiger partial charge in [0.05, 0.1) is 12.1 Å². The molecule has 1 heterocycles. The predicted octanol–water partition coefficient (Wildman–Crippen LogP) is 1.94. The number of ether oxygens (including phenoxy) is 1. The van der Waals surface area contributed by atoms with E-state index in [0.717, 1.165) is 0 Å².